The summed E-state index contributed by atoms with van der Waals surface area (Å²) in [4.78, 5) is 10.8. The zero-order chi connectivity index (χ0) is 11.7. The number of aromatic nitrogens is 1. The van der Waals surface area contributed by atoms with E-state index in [4.69, 9.17) is 0 Å². The average Bonchev–Trinajstić information content (AvgIpc) is 2.82. The van der Waals surface area contributed by atoms with Crippen LogP contribution in [0.2, 0.25) is 0 Å². The highest BCUT2D eigenvalue weighted by atomic mass is 16.1. The Hall–Kier alpha value is -2.35. The van der Waals surface area contributed by atoms with Gasteiger partial charge in [-0.05, 0) is 29.7 Å². The van der Waals surface area contributed by atoms with Crippen molar-refractivity contribution >= 4 is 17.2 Å². The Morgan fingerprint density at radius 3 is 2.53 bits per heavy atom. The van der Waals surface area contributed by atoms with E-state index in [0.29, 0.717) is 5.56 Å². The van der Waals surface area contributed by atoms with E-state index < -0.39 is 0 Å². The average molecular weight is 221 g/mol. The summed E-state index contributed by atoms with van der Waals surface area (Å²) < 4.78 is 2.09. The quantitative estimate of drug-likeness (QED) is 0.607. The third-order valence-electron chi connectivity index (χ3n) is 2.89. The Morgan fingerprint density at radius 2 is 1.76 bits per heavy atom. The van der Waals surface area contributed by atoms with Crippen LogP contribution in [0.4, 0.5) is 0 Å². The lowest BCUT2D eigenvalue weighted by Gasteiger charge is -2.05. The van der Waals surface area contributed by atoms with Crippen LogP contribution in [-0.2, 0) is 0 Å². The van der Waals surface area contributed by atoms with Crippen molar-refractivity contribution in [1.29, 1.82) is 0 Å². The fraction of sp³-hybridized carbons (Fsp3) is 0. The van der Waals surface area contributed by atoms with Gasteiger partial charge in [0.15, 0.2) is 0 Å². The van der Waals surface area contributed by atoms with Gasteiger partial charge in [0, 0.05) is 17.4 Å². The Balaban J connectivity index is 2.27. The minimum absolute atomic E-state index is 0.702. The van der Waals surface area contributed by atoms with Crippen molar-refractivity contribution in [3.63, 3.8) is 0 Å². The lowest BCUT2D eigenvalue weighted by Crippen LogP contribution is -1.91. The van der Waals surface area contributed by atoms with Crippen LogP contribution in [0, 0.1) is 0 Å². The molecule has 0 fully saturated rings. The molecule has 0 aliphatic carbocycles. The topological polar surface area (TPSA) is 22.0 Å². The Morgan fingerprint density at radius 1 is 0.941 bits per heavy atom. The van der Waals surface area contributed by atoms with Crippen LogP contribution in [0.3, 0.4) is 0 Å². The SMILES string of the molecule is O=Cc1ccc2ccn(-c3ccccc3)c2c1. The van der Waals surface area contributed by atoms with Gasteiger partial charge >= 0.3 is 0 Å². The summed E-state index contributed by atoms with van der Waals surface area (Å²) in [6.07, 6.45) is 2.90. The van der Waals surface area contributed by atoms with Crippen LogP contribution in [0.15, 0.2) is 60.8 Å². The maximum absolute atomic E-state index is 10.8. The molecule has 0 amide bonds. The number of nitrogens with zero attached hydrogens (tertiary/aromatic N) is 1. The maximum Gasteiger partial charge on any atom is 0.150 e. The van der Waals surface area contributed by atoms with Gasteiger partial charge < -0.3 is 4.57 Å². The number of para-hydroxylation sites is 1. The summed E-state index contributed by atoms with van der Waals surface area (Å²) in [5, 5.41) is 1.14. The molecule has 2 nitrogen and oxygen atoms in total. The van der Waals surface area contributed by atoms with Crippen LogP contribution in [0.25, 0.3) is 16.6 Å². The lowest BCUT2D eigenvalue weighted by atomic mass is 10.2. The summed E-state index contributed by atoms with van der Waals surface area (Å²) in [6.45, 7) is 0. The minimum atomic E-state index is 0.702. The molecule has 0 unspecified atom stereocenters. The highest BCUT2D eigenvalue weighted by Gasteiger charge is 2.03. The van der Waals surface area contributed by atoms with Gasteiger partial charge in [0.25, 0.3) is 0 Å². The number of aldehydes is 1. The van der Waals surface area contributed by atoms with Gasteiger partial charge in [-0.1, -0.05) is 30.3 Å². The van der Waals surface area contributed by atoms with Gasteiger partial charge in [-0.25, -0.2) is 0 Å². The molecule has 2 heteroatoms. The Bertz CT molecular complexity index is 668. The monoisotopic (exact) mass is 221 g/mol. The van der Waals surface area contributed by atoms with E-state index in [1.807, 2.05) is 54.7 Å². The van der Waals surface area contributed by atoms with Crippen molar-refractivity contribution in [3.05, 3.63) is 66.4 Å². The smallest absolute Gasteiger partial charge is 0.150 e. The first-order valence-corrected chi connectivity index (χ1v) is 5.50. The van der Waals surface area contributed by atoms with Gasteiger partial charge in [0.1, 0.15) is 6.29 Å². The van der Waals surface area contributed by atoms with E-state index in [0.717, 1.165) is 22.9 Å². The van der Waals surface area contributed by atoms with Crippen LogP contribution in [-0.4, -0.2) is 10.9 Å². The molecule has 82 valence electrons. The number of carbonyl (C=O) groups excluding carboxylic acids is 1. The number of hydrogen-bond acceptors (Lipinski definition) is 1. The van der Waals surface area contributed by atoms with Crippen molar-refractivity contribution in [2.24, 2.45) is 0 Å². The molecule has 17 heavy (non-hydrogen) atoms. The molecule has 1 heterocycles. The molecule has 0 spiro atoms. The highest BCUT2D eigenvalue weighted by molar-refractivity contribution is 5.88. The highest BCUT2D eigenvalue weighted by Crippen LogP contribution is 2.21. The van der Waals surface area contributed by atoms with E-state index >= 15 is 0 Å². The minimum Gasteiger partial charge on any atom is -0.317 e. The molecular weight excluding hydrogens is 210 g/mol. The van der Waals surface area contributed by atoms with Crippen molar-refractivity contribution in [2.45, 2.75) is 0 Å². The molecular formula is C15H11NO. The standard InChI is InChI=1S/C15H11NO/c17-11-12-6-7-13-8-9-16(15(13)10-12)14-4-2-1-3-5-14/h1-11H. The predicted octanol–water partition coefficient (Wildman–Crippen LogP) is 3.44. The molecule has 1 aromatic heterocycles. The third kappa shape index (κ3) is 1.64. The number of hydrogen-bond donors (Lipinski definition) is 0. The fourth-order valence-electron chi connectivity index (χ4n) is 2.03. The lowest BCUT2D eigenvalue weighted by molar-refractivity contribution is 0.112. The zero-order valence-corrected chi connectivity index (χ0v) is 9.21. The van der Waals surface area contributed by atoms with Crippen molar-refractivity contribution in [3.8, 4) is 5.69 Å². The van der Waals surface area contributed by atoms with E-state index in [1.165, 1.54) is 0 Å². The fourth-order valence-corrected chi connectivity index (χ4v) is 2.03. The first-order chi connectivity index (χ1) is 8.38. The molecule has 0 saturated heterocycles. The van der Waals surface area contributed by atoms with E-state index in [9.17, 15) is 4.79 Å². The van der Waals surface area contributed by atoms with Crippen LogP contribution < -0.4 is 0 Å². The second kappa shape index (κ2) is 3.91. The summed E-state index contributed by atoms with van der Waals surface area (Å²) in [6, 6.07) is 17.9. The van der Waals surface area contributed by atoms with Gasteiger partial charge in [-0.3, -0.25) is 4.79 Å². The van der Waals surface area contributed by atoms with Crippen molar-refractivity contribution < 1.29 is 4.79 Å². The second-order valence-electron chi connectivity index (χ2n) is 3.96. The predicted molar refractivity (Wildman–Crippen MR) is 68.7 cm³/mol. The van der Waals surface area contributed by atoms with Crippen LogP contribution in [0.1, 0.15) is 10.4 Å². The van der Waals surface area contributed by atoms with Crippen molar-refractivity contribution in [1.82, 2.24) is 4.57 Å². The molecule has 3 rings (SSSR count). The molecule has 0 saturated carbocycles. The molecule has 0 bridgehead atoms. The van der Waals surface area contributed by atoms with Crippen molar-refractivity contribution in [2.75, 3.05) is 0 Å². The van der Waals surface area contributed by atoms with E-state index in [2.05, 4.69) is 10.6 Å². The Labute approximate surface area is 99.1 Å². The second-order valence-corrected chi connectivity index (χ2v) is 3.96. The maximum atomic E-state index is 10.8. The normalized spacial score (nSPS) is 10.6. The molecule has 2 aromatic carbocycles. The zero-order valence-electron chi connectivity index (χ0n) is 9.21. The van der Waals surface area contributed by atoms with E-state index in [-0.39, 0.29) is 0 Å². The van der Waals surface area contributed by atoms with Gasteiger partial charge in [-0.2, -0.15) is 0 Å². The Kier molecular flexibility index (Phi) is 2.26. The molecule has 3 aromatic rings. The molecule has 0 aliphatic rings. The number of rotatable bonds is 2. The van der Waals surface area contributed by atoms with Gasteiger partial charge in [0.2, 0.25) is 0 Å². The summed E-state index contributed by atoms with van der Waals surface area (Å²) in [5.41, 5.74) is 2.86. The summed E-state index contributed by atoms with van der Waals surface area (Å²) >= 11 is 0. The first-order valence-electron chi connectivity index (χ1n) is 5.50. The number of fused-ring (bicyclic) bond motifs is 1. The first kappa shape index (κ1) is 9.85. The van der Waals surface area contributed by atoms with Gasteiger partial charge in [0.05, 0.1) is 5.52 Å². The molecule has 0 N–H and O–H groups in total. The molecule has 0 radical (unpaired) electrons. The number of benzene rings is 2. The van der Waals surface area contributed by atoms with Crippen LogP contribution in [0.5, 0.6) is 0 Å². The summed E-state index contributed by atoms with van der Waals surface area (Å²) in [7, 11) is 0. The largest absolute Gasteiger partial charge is 0.317 e. The van der Waals surface area contributed by atoms with Gasteiger partial charge in [-0.15, -0.1) is 0 Å². The summed E-state index contributed by atoms with van der Waals surface area (Å²) in [5.74, 6) is 0. The van der Waals surface area contributed by atoms with E-state index in [1.54, 1.807) is 0 Å². The molecule has 0 atom stereocenters. The number of carbonyl (C=O) groups is 1. The third-order valence-corrected chi connectivity index (χ3v) is 2.89. The van der Waals surface area contributed by atoms with Crippen LogP contribution >= 0.6 is 0 Å². The molecule has 0 aliphatic heterocycles.